The molecule has 1 aromatic heterocycles. The summed E-state index contributed by atoms with van der Waals surface area (Å²) in [6, 6.07) is 6.13. The minimum atomic E-state index is -0.213. The number of aromatic nitrogens is 1. The first kappa shape index (κ1) is 10.5. The highest BCUT2D eigenvalue weighted by molar-refractivity contribution is 6.35. The van der Waals surface area contributed by atoms with Crippen molar-refractivity contribution in [3.8, 4) is 0 Å². The van der Waals surface area contributed by atoms with E-state index < -0.39 is 0 Å². The number of fused-ring (bicyclic) bond motifs is 1. The van der Waals surface area contributed by atoms with Gasteiger partial charge in [-0.3, -0.25) is 0 Å². The van der Waals surface area contributed by atoms with E-state index in [4.69, 9.17) is 17.3 Å². The highest BCUT2D eigenvalue weighted by atomic mass is 35.5. The van der Waals surface area contributed by atoms with Crippen molar-refractivity contribution >= 4 is 22.5 Å². The lowest BCUT2D eigenvalue weighted by atomic mass is 9.94. The smallest absolute Gasteiger partial charge is 0.0662 e. The molecular weight excluding hydrogens is 208 g/mol. The van der Waals surface area contributed by atoms with E-state index in [1.807, 2.05) is 32.2 Å². The Morgan fingerprint density at radius 3 is 2.80 bits per heavy atom. The Bertz CT molecular complexity index is 480. The van der Waals surface area contributed by atoms with E-state index in [2.05, 4.69) is 11.1 Å². The number of nitrogens with one attached hydrogen (secondary N) is 1. The molecule has 0 unspecified atom stereocenters. The molecule has 3 heteroatoms. The van der Waals surface area contributed by atoms with E-state index in [9.17, 15) is 0 Å². The van der Waals surface area contributed by atoms with Crippen molar-refractivity contribution in [2.75, 3.05) is 0 Å². The van der Waals surface area contributed by atoms with Crippen LogP contribution < -0.4 is 5.73 Å². The number of benzene rings is 1. The van der Waals surface area contributed by atoms with Crippen LogP contribution in [-0.2, 0) is 6.42 Å². The zero-order chi connectivity index (χ0) is 11.1. The van der Waals surface area contributed by atoms with Crippen LogP contribution in [-0.4, -0.2) is 10.5 Å². The molecule has 0 amide bonds. The van der Waals surface area contributed by atoms with Gasteiger partial charge in [-0.25, -0.2) is 0 Å². The summed E-state index contributed by atoms with van der Waals surface area (Å²) < 4.78 is 0. The molecule has 0 aliphatic heterocycles. The molecule has 0 radical (unpaired) electrons. The first-order valence-electron chi connectivity index (χ1n) is 5.01. The third-order valence-corrected chi connectivity index (χ3v) is 2.69. The van der Waals surface area contributed by atoms with Crippen molar-refractivity contribution < 1.29 is 0 Å². The molecule has 2 nitrogen and oxygen atoms in total. The van der Waals surface area contributed by atoms with Gasteiger partial charge in [0, 0.05) is 22.6 Å². The number of hydrogen-bond acceptors (Lipinski definition) is 1. The second-order valence-electron chi connectivity index (χ2n) is 4.64. The van der Waals surface area contributed by atoms with Gasteiger partial charge in [0.05, 0.1) is 5.02 Å². The molecule has 0 saturated heterocycles. The highest BCUT2D eigenvalue weighted by Gasteiger charge is 2.15. The predicted octanol–water partition coefficient (Wildman–Crippen LogP) is 3.10. The van der Waals surface area contributed by atoms with Gasteiger partial charge in [0.1, 0.15) is 0 Å². The van der Waals surface area contributed by atoms with Crippen molar-refractivity contribution in [3.63, 3.8) is 0 Å². The van der Waals surface area contributed by atoms with Crippen LogP contribution in [0.1, 0.15) is 19.4 Å². The Labute approximate surface area is 94.4 Å². The minimum Gasteiger partial charge on any atom is -0.360 e. The zero-order valence-electron chi connectivity index (χ0n) is 8.97. The Kier molecular flexibility index (Phi) is 2.49. The van der Waals surface area contributed by atoms with Gasteiger partial charge in [-0.05, 0) is 31.9 Å². The average molecular weight is 223 g/mol. The molecule has 0 aliphatic carbocycles. The second-order valence-corrected chi connectivity index (χ2v) is 5.05. The lowest BCUT2D eigenvalue weighted by Gasteiger charge is -2.19. The van der Waals surface area contributed by atoms with E-state index in [1.54, 1.807) is 0 Å². The summed E-state index contributed by atoms with van der Waals surface area (Å²) in [7, 11) is 0. The van der Waals surface area contributed by atoms with Crippen LogP contribution in [0.5, 0.6) is 0 Å². The summed E-state index contributed by atoms with van der Waals surface area (Å²) >= 11 is 6.13. The molecule has 0 atom stereocenters. The first-order valence-corrected chi connectivity index (χ1v) is 5.38. The molecule has 2 rings (SSSR count). The van der Waals surface area contributed by atoms with Gasteiger partial charge in [0.2, 0.25) is 0 Å². The number of H-pyrrole nitrogens is 1. The summed E-state index contributed by atoms with van der Waals surface area (Å²) in [5.74, 6) is 0. The number of hydrogen-bond donors (Lipinski definition) is 2. The Morgan fingerprint density at radius 1 is 1.40 bits per heavy atom. The third kappa shape index (κ3) is 2.16. The fraction of sp³-hybridized carbons (Fsp3) is 0.333. The second kappa shape index (κ2) is 3.54. The topological polar surface area (TPSA) is 41.8 Å². The highest BCUT2D eigenvalue weighted by Crippen LogP contribution is 2.28. The average Bonchev–Trinajstić information content (AvgIpc) is 2.46. The molecule has 0 saturated carbocycles. The van der Waals surface area contributed by atoms with Crippen LogP contribution in [0.4, 0.5) is 0 Å². The molecule has 15 heavy (non-hydrogen) atoms. The number of halogens is 1. The molecule has 0 bridgehead atoms. The van der Waals surface area contributed by atoms with Gasteiger partial charge in [-0.1, -0.05) is 23.7 Å². The number of rotatable bonds is 2. The van der Waals surface area contributed by atoms with Crippen LogP contribution in [0.25, 0.3) is 10.9 Å². The van der Waals surface area contributed by atoms with Gasteiger partial charge in [-0.2, -0.15) is 0 Å². The summed E-state index contributed by atoms with van der Waals surface area (Å²) in [5, 5.41) is 1.86. The Morgan fingerprint density at radius 2 is 2.13 bits per heavy atom. The van der Waals surface area contributed by atoms with Crippen molar-refractivity contribution in [1.82, 2.24) is 4.98 Å². The molecular formula is C12H15ClN2. The maximum atomic E-state index is 6.13. The number of aromatic amines is 1. The molecule has 1 heterocycles. The summed E-state index contributed by atoms with van der Waals surface area (Å²) in [6.07, 6.45) is 2.64. The molecule has 80 valence electrons. The van der Waals surface area contributed by atoms with E-state index in [-0.39, 0.29) is 5.54 Å². The quantitative estimate of drug-likeness (QED) is 0.806. The monoisotopic (exact) mass is 222 g/mol. The van der Waals surface area contributed by atoms with Crippen LogP contribution in [0.2, 0.25) is 5.02 Å². The minimum absolute atomic E-state index is 0.213. The van der Waals surface area contributed by atoms with Crippen LogP contribution in [0.15, 0.2) is 24.4 Å². The zero-order valence-corrected chi connectivity index (χ0v) is 9.73. The van der Waals surface area contributed by atoms with Crippen molar-refractivity contribution in [1.29, 1.82) is 0 Å². The van der Waals surface area contributed by atoms with Crippen molar-refractivity contribution in [2.45, 2.75) is 25.8 Å². The largest absolute Gasteiger partial charge is 0.360 e. The number of nitrogens with two attached hydrogens (primary N) is 1. The van der Waals surface area contributed by atoms with Gasteiger partial charge in [0.25, 0.3) is 0 Å². The van der Waals surface area contributed by atoms with Gasteiger partial charge < -0.3 is 10.7 Å². The lowest BCUT2D eigenvalue weighted by molar-refractivity contribution is 0.518. The molecule has 2 aromatic rings. The van der Waals surface area contributed by atoms with Gasteiger partial charge >= 0.3 is 0 Å². The molecule has 0 spiro atoms. The lowest BCUT2D eigenvalue weighted by Crippen LogP contribution is -2.34. The van der Waals surface area contributed by atoms with Crippen molar-refractivity contribution in [2.24, 2.45) is 5.73 Å². The first-order chi connectivity index (χ1) is 6.97. The summed E-state index contributed by atoms with van der Waals surface area (Å²) in [6.45, 7) is 4.04. The normalized spacial score (nSPS) is 12.3. The predicted molar refractivity (Wildman–Crippen MR) is 65.3 cm³/mol. The SMILES string of the molecule is CC(C)(N)Cc1cccc2[nH]cc(Cl)c12. The Hall–Kier alpha value is -0.990. The fourth-order valence-electron chi connectivity index (χ4n) is 1.85. The fourth-order valence-corrected chi connectivity index (χ4v) is 2.13. The molecule has 0 aliphatic rings. The summed E-state index contributed by atoms with van der Waals surface area (Å²) in [5.41, 5.74) is 8.08. The molecule has 1 aromatic carbocycles. The van der Waals surface area contributed by atoms with Crippen LogP contribution >= 0.6 is 11.6 Å². The third-order valence-electron chi connectivity index (χ3n) is 2.39. The van der Waals surface area contributed by atoms with E-state index in [0.29, 0.717) is 0 Å². The van der Waals surface area contributed by atoms with Gasteiger partial charge in [0.15, 0.2) is 0 Å². The van der Waals surface area contributed by atoms with E-state index >= 15 is 0 Å². The standard InChI is InChI=1S/C12H15ClN2/c1-12(2,14)6-8-4-3-5-10-11(8)9(13)7-15-10/h3-5,7,15H,6,14H2,1-2H3. The van der Waals surface area contributed by atoms with Crippen LogP contribution in [0, 0.1) is 0 Å². The molecule has 3 N–H and O–H groups in total. The summed E-state index contributed by atoms with van der Waals surface area (Å²) in [4.78, 5) is 3.14. The molecule has 0 fully saturated rings. The maximum absolute atomic E-state index is 6.13. The van der Waals surface area contributed by atoms with E-state index in [1.165, 1.54) is 5.56 Å². The van der Waals surface area contributed by atoms with E-state index in [0.717, 1.165) is 22.3 Å². The van der Waals surface area contributed by atoms with Gasteiger partial charge in [-0.15, -0.1) is 0 Å². The maximum Gasteiger partial charge on any atom is 0.0662 e. The van der Waals surface area contributed by atoms with Crippen LogP contribution in [0.3, 0.4) is 0 Å². The van der Waals surface area contributed by atoms with Crippen molar-refractivity contribution in [3.05, 3.63) is 35.0 Å². The Balaban J connectivity index is 2.55.